The number of nitrogens with zero attached hydrogens (tertiary/aromatic N) is 1. The number of anilines is 1. The zero-order valence-corrected chi connectivity index (χ0v) is 21.7. The number of carbonyl (C=O) groups is 1. The van der Waals surface area contributed by atoms with Crippen LogP contribution in [0.2, 0.25) is 5.02 Å². The van der Waals surface area contributed by atoms with Crippen molar-refractivity contribution in [1.29, 1.82) is 0 Å². The molecule has 33 heavy (non-hydrogen) atoms. The lowest BCUT2D eigenvalue weighted by atomic mass is 9.98. The molecule has 0 aliphatic carbocycles. The summed E-state index contributed by atoms with van der Waals surface area (Å²) in [6, 6.07) is 18.9. The Morgan fingerprint density at radius 1 is 1.18 bits per heavy atom. The Kier molecular flexibility index (Phi) is 7.31. The van der Waals surface area contributed by atoms with E-state index in [4.69, 9.17) is 28.2 Å². The van der Waals surface area contributed by atoms with Gasteiger partial charge in [-0.3, -0.25) is 10.1 Å². The largest absolute Gasteiger partial charge is 0.436 e. The summed E-state index contributed by atoms with van der Waals surface area (Å²) >= 11 is 13.6. The number of hydrogen-bond acceptors (Lipinski definition) is 4. The number of thiocarbonyl (C=S) groups is 1. The maximum absolute atomic E-state index is 12.6. The molecule has 0 saturated heterocycles. The van der Waals surface area contributed by atoms with Gasteiger partial charge in [0.05, 0.1) is 10.6 Å². The number of rotatable bonds is 5. The summed E-state index contributed by atoms with van der Waals surface area (Å²) < 4.78 is 6.88. The molecule has 0 bridgehead atoms. The number of hydrogen-bond donors (Lipinski definition) is 2. The van der Waals surface area contributed by atoms with Crippen molar-refractivity contribution in [3.63, 3.8) is 0 Å². The van der Waals surface area contributed by atoms with Crippen LogP contribution in [0.4, 0.5) is 5.69 Å². The van der Waals surface area contributed by atoms with Gasteiger partial charge < -0.3 is 9.73 Å². The predicted octanol–water partition coefficient (Wildman–Crippen LogP) is 7.39. The van der Waals surface area contributed by atoms with Crippen molar-refractivity contribution in [2.45, 2.75) is 26.2 Å². The average Bonchev–Trinajstić information content (AvgIpc) is 3.23. The summed E-state index contributed by atoms with van der Waals surface area (Å²) in [5, 5.41) is 6.24. The maximum atomic E-state index is 12.6. The van der Waals surface area contributed by atoms with Crippen molar-refractivity contribution < 1.29 is 9.21 Å². The highest BCUT2D eigenvalue weighted by molar-refractivity contribution is 14.1. The minimum absolute atomic E-state index is 0.169. The van der Waals surface area contributed by atoms with Crippen molar-refractivity contribution in [3.05, 3.63) is 80.4 Å². The van der Waals surface area contributed by atoms with Crippen molar-refractivity contribution in [3.8, 4) is 11.5 Å². The van der Waals surface area contributed by atoms with Crippen LogP contribution < -0.4 is 10.6 Å². The third-order valence-corrected chi connectivity index (χ3v) is 6.57. The highest BCUT2D eigenvalue weighted by atomic mass is 127. The number of oxazole rings is 1. The first kappa shape index (κ1) is 23.7. The Balaban J connectivity index is 1.50. The lowest BCUT2D eigenvalue weighted by Gasteiger charge is -2.11. The van der Waals surface area contributed by atoms with Crippen LogP contribution in [0, 0.1) is 3.57 Å². The van der Waals surface area contributed by atoms with Gasteiger partial charge >= 0.3 is 0 Å². The Morgan fingerprint density at radius 2 is 2.00 bits per heavy atom. The van der Waals surface area contributed by atoms with Gasteiger partial charge in [-0.15, -0.1) is 0 Å². The molecule has 0 spiro atoms. The van der Waals surface area contributed by atoms with Crippen LogP contribution in [-0.4, -0.2) is 16.0 Å². The first-order valence-corrected chi connectivity index (χ1v) is 12.3. The van der Waals surface area contributed by atoms with Gasteiger partial charge in [0.25, 0.3) is 5.91 Å². The molecule has 4 rings (SSSR count). The summed E-state index contributed by atoms with van der Waals surface area (Å²) in [6.07, 6.45) is 1.07. The van der Waals surface area contributed by atoms with E-state index >= 15 is 0 Å². The Bertz CT molecular complexity index is 1350. The van der Waals surface area contributed by atoms with Crippen LogP contribution in [-0.2, 0) is 0 Å². The lowest BCUT2D eigenvalue weighted by Crippen LogP contribution is -2.34. The van der Waals surface area contributed by atoms with E-state index in [1.807, 2.05) is 36.4 Å². The molecular formula is C25H21ClIN3O2S. The number of benzene rings is 3. The highest BCUT2D eigenvalue weighted by Gasteiger charge is 2.14. The zero-order chi connectivity index (χ0) is 23.5. The third-order valence-electron chi connectivity index (χ3n) is 5.36. The van der Waals surface area contributed by atoms with Gasteiger partial charge in [0, 0.05) is 14.8 Å². The molecule has 8 heteroatoms. The predicted molar refractivity (Wildman–Crippen MR) is 146 cm³/mol. The number of nitrogens with one attached hydrogen (secondary N) is 2. The Hall–Kier alpha value is -2.49. The monoisotopic (exact) mass is 589 g/mol. The molecule has 0 aliphatic rings. The van der Waals surface area contributed by atoms with Crippen molar-refractivity contribution in [2.75, 3.05) is 5.32 Å². The summed E-state index contributed by atoms with van der Waals surface area (Å²) in [7, 11) is 0. The molecule has 0 radical (unpaired) electrons. The second-order valence-corrected chi connectivity index (χ2v) is 9.73. The molecule has 3 aromatic carbocycles. The standard InChI is InChI=1S/C25H21ClIN3O2S/c1-3-14(2)15-7-10-22-21(12-15)29-24(32-22)16-5-4-6-18(11-16)28-25(33)30-23(31)19-13-17(27)8-9-20(19)26/h4-14H,3H2,1-2H3,(H2,28,30,31,33). The molecule has 1 unspecified atom stereocenters. The fourth-order valence-electron chi connectivity index (χ4n) is 3.34. The molecule has 2 N–H and O–H groups in total. The SMILES string of the molecule is CCC(C)c1ccc2oc(-c3cccc(NC(=S)NC(=O)c4cc(I)ccc4Cl)c3)nc2c1. The van der Waals surface area contributed by atoms with Crippen LogP contribution in [0.5, 0.6) is 0 Å². The quantitative estimate of drug-likeness (QED) is 0.188. The zero-order valence-electron chi connectivity index (χ0n) is 18.0. The second-order valence-electron chi connectivity index (χ2n) is 7.67. The number of carbonyl (C=O) groups excluding carboxylic acids is 1. The topological polar surface area (TPSA) is 67.2 Å². The van der Waals surface area contributed by atoms with Gasteiger partial charge in [0.2, 0.25) is 5.89 Å². The van der Waals surface area contributed by atoms with Gasteiger partial charge in [0.1, 0.15) is 5.52 Å². The van der Waals surface area contributed by atoms with E-state index in [9.17, 15) is 4.79 Å². The van der Waals surface area contributed by atoms with Gasteiger partial charge in [-0.25, -0.2) is 4.98 Å². The maximum Gasteiger partial charge on any atom is 0.258 e. The number of aromatic nitrogens is 1. The van der Waals surface area contributed by atoms with E-state index in [-0.39, 0.29) is 11.0 Å². The molecule has 4 aromatic rings. The van der Waals surface area contributed by atoms with Crippen LogP contribution in [0.1, 0.15) is 42.1 Å². The van der Waals surface area contributed by atoms with Crippen molar-refractivity contribution in [1.82, 2.24) is 10.3 Å². The molecule has 1 atom stereocenters. The van der Waals surface area contributed by atoms with E-state index in [1.54, 1.807) is 12.1 Å². The van der Waals surface area contributed by atoms with Crippen LogP contribution in [0.15, 0.2) is 65.1 Å². The Labute approximate surface area is 216 Å². The molecule has 0 aliphatic heterocycles. The van der Waals surface area contributed by atoms with E-state index in [0.717, 1.165) is 26.7 Å². The summed E-state index contributed by atoms with van der Waals surface area (Å²) in [5.74, 6) is 0.617. The number of fused-ring (bicyclic) bond motifs is 1. The van der Waals surface area contributed by atoms with Crippen LogP contribution in [0.25, 0.3) is 22.6 Å². The average molecular weight is 590 g/mol. The van der Waals surface area contributed by atoms with Crippen LogP contribution >= 0.6 is 46.4 Å². The summed E-state index contributed by atoms with van der Waals surface area (Å²) in [4.78, 5) is 17.2. The molecule has 5 nitrogen and oxygen atoms in total. The molecule has 0 fully saturated rings. The van der Waals surface area contributed by atoms with Crippen molar-refractivity contribution >= 4 is 74.2 Å². The minimum Gasteiger partial charge on any atom is -0.436 e. The van der Waals surface area contributed by atoms with Crippen molar-refractivity contribution in [2.24, 2.45) is 0 Å². The minimum atomic E-state index is -0.372. The van der Waals surface area contributed by atoms with Gasteiger partial charge in [-0.1, -0.05) is 37.6 Å². The number of halogens is 2. The van der Waals surface area contributed by atoms with E-state index in [2.05, 4.69) is 64.2 Å². The fraction of sp³-hybridized carbons (Fsp3) is 0.160. The molecule has 168 valence electrons. The Morgan fingerprint density at radius 3 is 2.79 bits per heavy atom. The molecule has 1 aromatic heterocycles. The van der Waals surface area contributed by atoms with Gasteiger partial charge in [-0.2, -0.15) is 0 Å². The van der Waals surface area contributed by atoms with E-state index < -0.39 is 0 Å². The fourth-order valence-corrected chi connectivity index (χ4v) is 4.25. The molecule has 0 saturated carbocycles. The van der Waals surface area contributed by atoms with E-state index in [0.29, 0.717) is 28.1 Å². The molecule has 1 heterocycles. The normalized spacial score (nSPS) is 11.9. The molecular weight excluding hydrogens is 569 g/mol. The smallest absolute Gasteiger partial charge is 0.258 e. The highest BCUT2D eigenvalue weighted by Crippen LogP contribution is 2.29. The lowest BCUT2D eigenvalue weighted by molar-refractivity contribution is 0.0978. The number of amides is 1. The first-order chi connectivity index (χ1) is 15.8. The molecule has 1 amide bonds. The third kappa shape index (κ3) is 5.54. The van der Waals surface area contributed by atoms with E-state index in [1.165, 1.54) is 5.56 Å². The first-order valence-electron chi connectivity index (χ1n) is 10.4. The summed E-state index contributed by atoms with van der Waals surface area (Å²) in [5.41, 5.74) is 4.69. The summed E-state index contributed by atoms with van der Waals surface area (Å²) in [6.45, 7) is 4.37. The van der Waals surface area contributed by atoms with Gasteiger partial charge in [0.15, 0.2) is 10.7 Å². The second kappa shape index (κ2) is 10.2. The van der Waals surface area contributed by atoms with Gasteiger partial charge in [-0.05, 0) is 101 Å². The van der Waals surface area contributed by atoms with Crippen LogP contribution in [0.3, 0.4) is 0 Å².